The fourth-order valence-corrected chi connectivity index (χ4v) is 4.02. The van der Waals surface area contributed by atoms with Gasteiger partial charge in [-0.1, -0.05) is 19.1 Å². The van der Waals surface area contributed by atoms with Gasteiger partial charge in [0.2, 0.25) is 11.3 Å². The van der Waals surface area contributed by atoms with Crippen molar-refractivity contribution < 1.29 is 23.1 Å². The standard InChI is InChI=1S/C25H28FN5O4/c1-14(19-6-8-20(26)9-7-19)10-12-33-25-23(34-13-11-31-17(4)28-29-30-31)21(16(3)32)15(2)22-24(25)35-18(5)27-22/h6-9,14H,10-13H2,1-5H3. The van der Waals surface area contributed by atoms with Crippen molar-refractivity contribution in [2.45, 2.75) is 53.5 Å². The maximum absolute atomic E-state index is 13.3. The zero-order valence-corrected chi connectivity index (χ0v) is 20.5. The molecule has 0 saturated heterocycles. The van der Waals surface area contributed by atoms with Gasteiger partial charge in [0.15, 0.2) is 17.4 Å². The van der Waals surface area contributed by atoms with E-state index in [2.05, 4.69) is 20.5 Å². The minimum Gasteiger partial charge on any atom is -0.487 e. The molecule has 0 radical (unpaired) electrons. The number of benzene rings is 2. The molecule has 1 unspecified atom stereocenters. The predicted molar refractivity (Wildman–Crippen MR) is 126 cm³/mol. The highest BCUT2D eigenvalue weighted by Crippen LogP contribution is 2.43. The number of carbonyl (C=O) groups is 1. The highest BCUT2D eigenvalue weighted by molar-refractivity contribution is 6.05. The summed E-state index contributed by atoms with van der Waals surface area (Å²) in [6.45, 7) is 9.83. The van der Waals surface area contributed by atoms with Gasteiger partial charge in [-0.05, 0) is 66.8 Å². The number of hydrogen-bond donors (Lipinski definition) is 0. The van der Waals surface area contributed by atoms with Crippen LogP contribution in [0, 0.1) is 26.6 Å². The molecule has 2 aromatic heterocycles. The number of fused-ring (bicyclic) bond motifs is 1. The molecule has 0 aliphatic carbocycles. The van der Waals surface area contributed by atoms with E-state index < -0.39 is 0 Å². The lowest BCUT2D eigenvalue weighted by Gasteiger charge is -2.19. The minimum atomic E-state index is -0.268. The van der Waals surface area contributed by atoms with Gasteiger partial charge in [-0.3, -0.25) is 4.79 Å². The van der Waals surface area contributed by atoms with E-state index in [0.717, 1.165) is 5.56 Å². The molecular formula is C25H28FN5O4. The quantitative estimate of drug-likeness (QED) is 0.299. The maximum Gasteiger partial charge on any atom is 0.207 e. The molecule has 0 aliphatic heterocycles. The van der Waals surface area contributed by atoms with E-state index in [4.69, 9.17) is 13.9 Å². The third-order valence-electron chi connectivity index (χ3n) is 5.95. The summed E-state index contributed by atoms with van der Waals surface area (Å²) in [4.78, 5) is 17.1. The molecule has 2 heterocycles. The van der Waals surface area contributed by atoms with Gasteiger partial charge in [0.25, 0.3) is 0 Å². The average Bonchev–Trinajstić information content (AvgIpc) is 3.41. The normalized spacial score (nSPS) is 12.2. The molecule has 1 atom stereocenters. The van der Waals surface area contributed by atoms with Crippen molar-refractivity contribution in [3.05, 3.63) is 58.5 Å². The molecule has 9 nitrogen and oxygen atoms in total. The number of aryl methyl sites for hydroxylation is 3. The van der Waals surface area contributed by atoms with Gasteiger partial charge in [0.1, 0.15) is 23.8 Å². The highest BCUT2D eigenvalue weighted by Gasteiger charge is 2.26. The van der Waals surface area contributed by atoms with Crippen LogP contribution in [0.1, 0.15) is 59.4 Å². The zero-order valence-electron chi connectivity index (χ0n) is 20.5. The molecule has 0 amide bonds. The Balaban J connectivity index is 1.63. The van der Waals surface area contributed by atoms with Gasteiger partial charge in [-0.25, -0.2) is 14.1 Å². The zero-order chi connectivity index (χ0) is 25.1. The van der Waals surface area contributed by atoms with Crippen molar-refractivity contribution in [1.82, 2.24) is 25.2 Å². The summed E-state index contributed by atoms with van der Waals surface area (Å²) in [7, 11) is 0. The molecule has 10 heteroatoms. The van der Waals surface area contributed by atoms with E-state index in [0.29, 0.717) is 65.0 Å². The summed E-state index contributed by atoms with van der Waals surface area (Å²) >= 11 is 0. The van der Waals surface area contributed by atoms with Crippen LogP contribution >= 0.6 is 0 Å². The summed E-state index contributed by atoms with van der Waals surface area (Å²) in [5.74, 6) is 1.48. The van der Waals surface area contributed by atoms with Gasteiger partial charge < -0.3 is 13.9 Å². The van der Waals surface area contributed by atoms with E-state index in [1.54, 1.807) is 30.7 Å². The highest BCUT2D eigenvalue weighted by atomic mass is 19.1. The molecule has 0 fully saturated rings. The van der Waals surface area contributed by atoms with Crippen LogP contribution in [0.2, 0.25) is 0 Å². The molecule has 4 rings (SSSR count). The molecule has 0 saturated carbocycles. The Kier molecular flexibility index (Phi) is 7.09. The van der Waals surface area contributed by atoms with Crippen LogP contribution in [0.25, 0.3) is 11.1 Å². The first-order chi connectivity index (χ1) is 16.8. The first-order valence-electron chi connectivity index (χ1n) is 11.4. The fourth-order valence-electron chi connectivity index (χ4n) is 4.02. The number of nitrogens with zero attached hydrogens (tertiary/aromatic N) is 5. The van der Waals surface area contributed by atoms with Gasteiger partial charge in [-0.2, -0.15) is 0 Å². The number of carbonyl (C=O) groups excluding carboxylic acids is 1. The van der Waals surface area contributed by atoms with Crippen LogP contribution in [-0.2, 0) is 6.54 Å². The lowest BCUT2D eigenvalue weighted by molar-refractivity contribution is 0.101. The topological polar surface area (TPSA) is 105 Å². The van der Waals surface area contributed by atoms with E-state index >= 15 is 0 Å². The number of Topliss-reactive ketones (excluding diaryl/α,β-unsaturated/α-hetero) is 1. The van der Waals surface area contributed by atoms with Gasteiger partial charge >= 0.3 is 0 Å². The summed E-state index contributed by atoms with van der Waals surface area (Å²) in [5.41, 5.74) is 3.09. The SMILES string of the molecule is CC(=O)c1c(OCCn2nnnc2C)c(OCCC(C)c2ccc(F)cc2)c2oc(C)nc2c1C. The predicted octanol–water partition coefficient (Wildman–Crippen LogP) is 4.73. The second-order valence-electron chi connectivity index (χ2n) is 8.51. The number of oxazole rings is 1. The van der Waals surface area contributed by atoms with Crippen LogP contribution < -0.4 is 9.47 Å². The molecule has 4 aromatic rings. The molecular weight excluding hydrogens is 453 g/mol. The molecule has 184 valence electrons. The third kappa shape index (κ3) is 5.16. The second kappa shape index (κ2) is 10.2. The Morgan fingerprint density at radius 3 is 2.49 bits per heavy atom. The summed E-state index contributed by atoms with van der Waals surface area (Å²) < 4.78 is 33.1. The lowest BCUT2D eigenvalue weighted by atomic mass is 9.98. The maximum atomic E-state index is 13.3. The van der Waals surface area contributed by atoms with Crippen molar-refractivity contribution in [3.63, 3.8) is 0 Å². The van der Waals surface area contributed by atoms with Crippen molar-refractivity contribution in [3.8, 4) is 11.5 Å². The molecule has 35 heavy (non-hydrogen) atoms. The monoisotopic (exact) mass is 481 g/mol. The van der Waals surface area contributed by atoms with E-state index in [9.17, 15) is 9.18 Å². The van der Waals surface area contributed by atoms with E-state index in [1.165, 1.54) is 19.1 Å². The molecule has 0 N–H and O–H groups in total. The van der Waals surface area contributed by atoms with E-state index in [-0.39, 0.29) is 24.1 Å². The summed E-state index contributed by atoms with van der Waals surface area (Å²) in [6, 6.07) is 6.44. The van der Waals surface area contributed by atoms with Gasteiger partial charge in [0, 0.05) is 6.92 Å². The number of rotatable bonds is 10. The Morgan fingerprint density at radius 2 is 1.83 bits per heavy atom. The number of ether oxygens (including phenoxy) is 2. The Morgan fingerprint density at radius 1 is 1.11 bits per heavy atom. The molecule has 2 aromatic carbocycles. The molecule has 0 bridgehead atoms. The molecule has 0 spiro atoms. The van der Waals surface area contributed by atoms with Gasteiger partial charge in [-0.15, -0.1) is 5.10 Å². The smallest absolute Gasteiger partial charge is 0.207 e. The van der Waals surface area contributed by atoms with Crippen molar-refractivity contribution in [2.24, 2.45) is 0 Å². The number of hydrogen-bond acceptors (Lipinski definition) is 8. The minimum absolute atomic E-state index is 0.132. The summed E-state index contributed by atoms with van der Waals surface area (Å²) in [5, 5.41) is 11.4. The number of halogens is 1. The van der Waals surface area contributed by atoms with Gasteiger partial charge in [0.05, 0.1) is 18.7 Å². The Hall–Kier alpha value is -3.82. The molecule has 0 aliphatic rings. The van der Waals surface area contributed by atoms with Crippen LogP contribution in [-0.4, -0.2) is 44.2 Å². The van der Waals surface area contributed by atoms with Crippen LogP contribution in [0.3, 0.4) is 0 Å². The van der Waals surface area contributed by atoms with Crippen LogP contribution in [0.4, 0.5) is 4.39 Å². The largest absolute Gasteiger partial charge is 0.487 e. The second-order valence-corrected chi connectivity index (χ2v) is 8.51. The summed E-state index contributed by atoms with van der Waals surface area (Å²) in [6.07, 6.45) is 0.660. The lowest BCUT2D eigenvalue weighted by Crippen LogP contribution is -2.14. The number of aromatic nitrogens is 5. The van der Waals surface area contributed by atoms with Crippen molar-refractivity contribution >= 4 is 16.9 Å². The first kappa shape index (κ1) is 24.3. The number of ketones is 1. The Bertz CT molecular complexity index is 1350. The van der Waals surface area contributed by atoms with Crippen LogP contribution in [0.15, 0.2) is 28.7 Å². The van der Waals surface area contributed by atoms with Crippen molar-refractivity contribution in [1.29, 1.82) is 0 Å². The van der Waals surface area contributed by atoms with Crippen molar-refractivity contribution in [2.75, 3.05) is 13.2 Å². The first-order valence-corrected chi connectivity index (χ1v) is 11.4. The fraction of sp³-hybridized carbons (Fsp3) is 0.400. The third-order valence-corrected chi connectivity index (χ3v) is 5.95. The average molecular weight is 482 g/mol. The van der Waals surface area contributed by atoms with Crippen LogP contribution in [0.5, 0.6) is 11.5 Å². The van der Waals surface area contributed by atoms with E-state index in [1.807, 2.05) is 13.8 Å². The Labute approximate surface area is 202 Å². The number of tetrazole rings is 1.